The van der Waals surface area contributed by atoms with Crippen LogP contribution in [0.2, 0.25) is 5.02 Å². The molecule has 0 unspecified atom stereocenters. The van der Waals surface area contributed by atoms with Gasteiger partial charge in [-0.3, -0.25) is 4.79 Å². The lowest BCUT2D eigenvalue weighted by molar-refractivity contribution is -0.155. The Morgan fingerprint density at radius 2 is 1.76 bits per heavy atom. The summed E-state index contributed by atoms with van der Waals surface area (Å²) in [5.74, 6) is 0.991. The largest absolute Gasteiger partial charge is 0.495 e. The van der Waals surface area contributed by atoms with E-state index in [1.54, 1.807) is 25.3 Å². The molecular formula is C17H21ClO3. The van der Waals surface area contributed by atoms with Crippen molar-refractivity contribution in [3.05, 3.63) is 23.2 Å². The first-order valence-electron chi connectivity index (χ1n) is 7.52. The molecule has 0 amide bonds. The van der Waals surface area contributed by atoms with Crippen LogP contribution in [0.25, 0.3) is 0 Å². The van der Waals surface area contributed by atoms with Crippen molar-refractivity contribution in [1.29, 1.82) is 0 Å². The molecule has 1 aromatic carbocycles. The molecule has 3 nitrogen and oxygen atoms in total. The van der Waals surface area contributed by atoms with Gasteiger partial charge in [0.25, 0.3) is 0 Å². The molecule has 0 heterocycles. The number of benzene rings is 1. The smallest absolute Gasteiger partial charge is 0.317 e. The summed E-state index contributed by atoms with van der Waals surface area (Å²) in [5.41, 5.74) is 0.176. The number of halogens is 1. The molecule has 0 aromatic heterocycles. The van der Waals surface area contributed by atoms with Gasteiger partial charge in [-0.15, -0.1) is 0 Å². The van der Waals surface area contributed by atoms with Gasteiger partial charge >= 0.3 is 5.97 Å². The third-order valence-corrected chi connectivity index (χ3v) is 5.68. The minimum atomic E-state index is -0.274. The number of carbonyl (C=O) groups is 1. The molecule has 0 aliphatic heterocycles. The van der Waals surface area contributed by atoms with Crippen LogP contribution in [0, 0.1) is 10.8 Å². The van der Waals surface area contributed by atoms with Crippen molar-refractivity contribution < 1.29 is 14.3 Å². The Balaban J connectivity index is 1.73. The molecule has 114 valence electrons. The van der Waals surface area contributed by atoms with Crippen molar-refractivity contribution in [2.75, 3.05) is 7.11 Å². The van der Waals surface area contributed by atoms with Gasteiger partial charge in [0, 0.05) is 6.07 Å². The lowest BCUT2D eigenvalue weighted by Crippen LogP contribution is -2.46. The Labute approximate surface area is 130 Å². The maximum Gasteiger partial charge on any atom is 0.317 e. The second-order valence-electron chi connectivity index (χ2n) is 6.78. The van der Waals surface area contributed by atoms with E-state index in [-0.39, 0.29) is 11.4 Å². The molecule has 3 fully saturated rings. The van der Waals surface area contributed by atoms with E-state index >= 15 is 0 Å². The average molecular weight is 309 g/mol. The van der Waals surface area contributed by atoms with Crippen LogP contribution in [0.5, 0.6) is 11.5 Å². The quantitative estimate of drug-likeness (QED) is 0.604. The molecule has 4 rings (SSSR count). The Bertz CT molecular complexity index is 543. The van der Waals surface area contributed by atoms with Gasteiger partial charge < -0.3 is 9.47 Å². The van der Waals surface area contributed by atoms with E-state index in [2.05, 4.69) is 6.92 Å². The summed E-state index contributed by atoms with van der Waals surface area (Å²) in [6.07, 6.45) is 6.24. The van der Waals surface area contributed by atoms with Crippen molar-refractivity contribution in [2.45, 2.75) is 45.4 Å². The summed E-state index contributed by atoms with van der Waals surface area (Å²) in [5, 5.41) is 0.458. The van der Waals surface area contributed by atoms with E-state index in [9.17, 15) is 4.79 Å². The van der Waals surface area contributed by atoms with E-state index in [1.807, 2.05) is 0 Å². The van der Waals surface area contributed by atoms with Gasteiger partial charge in [-0.05, 0) is 56.1 Å². The van der Waals surface area contributed by atoms with Gasteiger partial charge in [0.15, 0.2) is 0 Å². The molecule has 0 radical (unpaired) electrons. The predicted octanol–water partition coefficient (Wildman–Crippen LogP) is 4.61. The second kappa shape index (κ2) is 5.20. The minimum Gasteiger partial charge on any atom is -0.495 e. The third-order valence-electron chi connectivity index (χ3n) is 5.39. The topological polar surface area (TPSA) is 35.5 Å². The summed E-state index contributed by atoms with van der Waals surface area (Å²) in [4.78, 5) is 12.6. The second-order valence-corrected chi connectivity index (χ2v) is 7.18. The van der Waals surface area contributed by atoms with E-state index in [0.717, 1.165) is 38.5 Å². The van der Waals surface area contributed by atoms with Crippen LogP contribution in [0.4, 0.5) is 0 Å². The average Bonchev–Trinajstić information content (AvgIpc) is 2.48. The van der Waals surface area contributed by atoms with Gasteiger partial charge in [0.1, 0.15) is 11.5 Å². The van der Waals surface area contributed by atoms with E-state index < -0.39 is 0 Å². The van der Waals surface area contributed by atoms with E-state index in [4.69, 9.17) is 21.1 Å². The number of fused-ring (bicyclic) bond motifs is 3. The van der Waals surface area contributed by atoms with Crippen LogP contribution in [0.1, 0.15) is 45.4 Å². The maximum absolute atomic E-state index is 12.6. The molecule has 3 aliphatic rings. The Kier molecular flexibility index (Phi) is 3.64. The van der Waals surface area contributed by atoms with Gasteiger partial charge in [-0.25, -0.2) is 0 Å². The first kappa shape index (κ1) is 14.7. The number of carbonyl (C=O) groups excluding carboxylic acids is 1. The predicted molar refractivity (Wildman–Crippen MR) is 81.9 cm³/mol. The fourth-order valence-corrected chi connectivity index (χ4v) is 3.85. The fourth-order valence-electron chi connectivity index (χ4n) is 3.61. The van der Waals surface area contributed by atoms with Crippen molar-refractivity contribution >= 4 is 17.6 Å². The highest BCUT2D eigenvalue weighted by atomic mass is 35.5. The minimum absolute atomic E-state index is 0.0921. The maximum atomic E-state index is 12.6. The first-order valence-corrected chi connectivity index (χ1v) is 7.90. The zero-order valence-electron chi connectivity index (χ0n) is 12.6. The Morgan fingerprint density at radius 1 is 1.14 bits per heavy atom. The third kappa shape index (κ3) is 2.64. The van der Waals surface area contributed by atoms with Crippen molar-refractivity contribution in [2.24, 2.45) is 10.8 Å². The van der Waals surface area contributed by atoms with Crippen LogP contribution in [0.3, 0.4) is 0 Å². The summed E-state index contributed by atoms with van der Waals surface area (Å²) >= 11 is 6.08. The lowest BCUT2D eigenvalue weighted by Gasteiger charge is -2.50. The SMILES string of the molecule is COc1ccc(OC(=O)C23CCC(C)(CC2)CC3)cc1Cl. The monoisotopic (exact) mass is 308 g/mol. The Morgan fingerprint density at radius 3 is 2.29 bits per heavy atom. The van der Waals surface area contributed by atoms with Crippen LogP contribution in [0.15, 0.2) is 18.2 Å². The first-order chi connectivity index (χ1) is 9.96. The van der Waals surface area contributed by atoms with Gasteiger partial charge in [-0.2, -0.15) is 0 Å². The van der Waals surface area contributed by atoms with Gasteiger partial charge in [-0.1, -0.05) is 18.5 Å². The Hall–Kier alpha value is -1.22. The van der Waals surface area contributed by atoms with Crippen molar-refractivity contribution in [1.82, 2.24) is 0 Å². The van der Waals surface area contributed by atoms with Crippen molar-refractivity contribution in [3.8, 4) is 11.5 Å². The fraction of sp³-hybridized carbons (Fsp3) is 0.588. The van der Waals surface area contributed by atoms with E-state index in [1.165, 1.54) is 0 Å². The standard InChI is InChI=1S/C17H21ClO3/c1-16-5-8-17(9-6-16,10-7-16)15(19)21-12-3-4-14(20-2)13(18)11-12/h3-4,11H,5-10H2,1-2H3. The van der Waals surface area contributed by atoms with Crippen molar-refractivity contribution in [3.63, 3.8) is 0 Å². The lowest BCUT2D eigenvalue weighted by atomic mass is 9.54. The summed E-state index contributed by atoms with van der Waals surface area (Å²) in [7, 11) is 1.56. The number of methoxy groups -OCH3 is 1. The number of rotatable bonds is 3. The molecule has 4 heteroatoms. The number of esters is 1. The molecule has 21 heavy (non-hydrogen) atoms. The van der Waals surface area contributed by atoms with Crippen LogP contribution >= 0.6 is 11.6 Å². The molecule has 0 saturated heterocycles. The number of hydrogen-bond acceptors (Lipinski definition) is 3. The van der Waals surface area contributed by atoms with Crippen LogP contribution in [-0.2, 0) is 4.79 Å². The zero-order valence-corrected chi connectivity index (χ0v) is 13.3. The summed E-state index contributed by atoms with van der Waals surface area (Å²) < 4.78 is 10.7. The van der Waals surface area contributed by atoms with Crippen LogP contribution < -0.4 is 9.47 Å². The summed E-state index contributed by atoms with van der Waals surface area (Å²) in [6.45, 7) is 2.34. The normalized spacial score (nSPS) is 31.0. The molecular weight excluding hydrogens is 288 g/mol. The highest BCUT2D eigenvalue weighted by Gasteiger charge is 2.51. The van der Waals surface area contributed by atoms with Gasteiger partial charge in [0.05, 0.1) is 17.5 Å². The number of ether oxygens (including phenoxy) is 2. The molecule has 0 spiro atoms. The zero-order chi connectivity index (χ0) is 15.1. The number of hydrogen-bond donors (Lipinski definition) is 0. The summed E-state index contributed by atoms with van der Waals surface area (Å²) in [6, 6.07) is 5.10. The highest BCUT2D eigenvalue weighted by Crippen LogP contribution is 2.57. The molecule has 2 bridgehead atoms. The molecule has 1 aromatic rings. The van der Waals surface area contributed by atoms with Crippen LogP contribution in [-0.4, -0.2) is 13.1 Å². The molecule has 0 N–H and O–H groups in total. The molecule has 3 aliphatic carbocycles. The highest BCUT2D eigenvalue weighted by molar-refractivity contribution is 6.32. The molecule has 0 atom stereocenters. The molecule has 3 saturated carbocycles. The van der Waals surface area contributed by atoms with E-state index in [0.29, 0.717) is 21.9 Å². The van der Waals surface area contributed by atoms with Gasteiger partial charge in [0.2, 0.25) is 0 Å².